The van der Waals surface area contributed by atoms with E-state index in [9.17, 15) is 53.7 Å². The highest BCUT2D eigenvalue weighted by Gasteiger charge is 2.46. The van der Waals surface area contributed by atoms with Crippen molar-refractivity contribution in [1.82, 2.24) is 55.6 Å². The van der Waals surface area contributed by atoms with Gasteiger partial charge in [0.1, 0.15) is 66.5 Å². The van der Waals surface area contributed by atoms with Gasteiger partial charge in [-0.15, -0.1) is 0 Å². The summed E-state index contributed by atoms with van der Waals surface area (Å²) in [5, 5.41) is 45.1. The predicted molar refractivity (Wildman–Crippen MR) is 345 cm³/mol. The first-order chi connectivity index (χ1) is 41.5. The van der Waals surface area contributed by atoms with Crippen LogP contribution in [0.15, 0.2) is 12.2 Å². The van der Waals surface area contributed by atoms with Crippen LogP contribution in [-0.2, 0) is 52.7 Å². The normalized spacial score (nSPS) is 27.0. The van der Waals surface area contributed by atoms with E-state index < -0.39 is 174 Å². The second-order valence-corrected chi connectivity index (χ2v) is 27.6. The van der Waals surface area contributed by atoms with Gasteiger partial charge in [-0.1, -0.05) is 95.2 Å². The van der Waals surface area contributed by atoms with Gasteiger partial charge in [-0.3, -0.25) is 52.7 Å². The van der Waals surface area contributed by atoms with E-state index in [-0.39, 0.29) is 49.9 Å². The molecule has 1 unspecified atom stereocenters. The molecule has 1 saturated heterocycles. The zero-order valence-electron chi connectivity index (χ0n) is 58.9. The van der Waals surface area contributed by atoms with Crippen LogP contribution in [0.1, 0.15) is 169 Å². The molecule has 0 bridgehead atoms. The summed E-state index contributed by atoms with van der Waals surface area (Å²) in [5.74, 6) is -10.5. The number of likely N-dealkylation sites (N-methyl/N-ethyl adjacent to an activating group) is 7. The van der Waals surface area contributed by atoms with E-state index in [1.165, 1.54) is 96.6 Å². The second-order valence-electron chi connectivity index (χ2n) is 27.6. The number of rotatable bonds is 18. The molecule has 0 radical (unpaired) electrons. The summed E-state index contributed by atoms with van der Waals surface area (Å²) in [4.78, 5) is 170. The minimum absolute atomic E-state index is 0.0529. The molecule has 25 nitrogen and oxygen atoms in total. The average Bonchev–Trinajstić information content (AvgIpc) is 1.90. The summed E-state index contributed by atoms with van der Waals surface area (Å²) in [6.45, 7) is 27.9. The van der Waals surface area contributed by atoms with Crippen LogP contribution in [0, 0.1) is 35.5 Å². The Balaban J connectivity index is 4.48. The maximum Gasteiger partial charge on any atom is 0.248 e. The van der Waals surface area contributed by atoms with Gasteiger partial charge in [0.15, 0.2) is 0 Å². The number of allylic oxidation sites excluding steroid dienone is 2. The van der Waals surface area contributed by atoms with E-state index in [1.807, 2.05) is 41.5 Å². The highest BCUT2D eigenvalue weighted by molar-refractivity contribution is 6.00. The van der Waals surface area contributed by atoms with Crippen molar-refractivity contribution in [1.29, 1.82) is 0 Å². The highest BCUT2D eigenvalue weighted by atomic mass is 16.3. The van der Waals surface area contributed by atoms with Gasteiger partial charge in [-0.25, -0.2) is 0 Å². The summed E-state index contributed by atoms with van der Waals surface area (Å²) in [6, 6.07) is -15.1. The van der Waals surface area contributed by atoms with Crippen molar-refractivity contribution in [3.05, 3.63) is 12.2 Å². The molecule has 0 aromatic rings. The van der Waals surface area contributed by atoms with Gasteiger partial charge in [0.05, 0.1) is 18.3 Å². The molecular formula is C65H117N11O14. The number of amides is 11. The van der Waals surface area contributed by atoms with Crippen molar-refractivity contribution in [3.63, 3.8) is 0 Å². The number of aliphatic hydroxyl groups excluding tert-OH is 2. The quantitative estimate of drug-likeness (QED) is 0.0971. The third kappa shape index (κ3) is 22.9. The van der Waals surface area contributed by atoms with E-state index in [2.05, 4.69) is 21.3 Å². The van der Waals surface area contributed by atoms with Gasteiger partial charge in [0.25, 0.3) is 0 Å². The highest BCUT2D eigenvalue weighted by Crippen LogP contribution is 2.26. The molecule has 0 aromatic heterocycles. The molecular weight excluding hydrogens is 1160 g/mol. The zero-order chi connectivity index (χ0) is 69.9. The van der Waals surface area contributed by atoms with Crippen molar-refractivity contribution in [2.75, 3.05) is 55.9 Å². The zero-order valence-corrected chi connectivity index (χ0v) is 58.9. The number of carbonyl (C=O) groups is 11. The van der Waals surface area contributed by atoms with Crippen LogP contribution < -0.4 is 21.3 Å². The fourth-order valence-corrected chi connectivity index (χ4v) is 11.2. The number of aliphatic hydroxyl groups is 3. The fraction of sp³-hybridized carbons (Fsp3) is 0.800. The lowest BCUT2D eigenvalue weighted by molar-refractivity contribution is -0.157. The largest absolute Gasteiger partial charge is 0.394 e. The van der Waals surface area contributed by atoms with Crippen LogP contribution in [0.5, 0.6) is 0 Å². The van der Waals surface area contributed by atoms with E-state index in [1.54, 1.807) is 60.6 Å². The Morgan fingerprint density at radius 1 is 0.489 bits per heavy atom. The molecule has 1 aliphatic heterocycles. The molecule has 0 saturated carbocycles. The molecule has 25 heteroatoms. The molecule has 1 heterocycles. The van der Waals surface area contributed by atoms with E-state index >= 15 is 14.4 Å². The van der Waals surface area contributed by atoms with Crippen molar-refractivity contribution in [2.45, 2.75) is 247 Å². The summed E-state index contributed by atoms with van der Waals surface area (Å²) < 4.78 is 0. The first kappa shape index (κ1) is 81.8. The monoisotopic (exact) mass is 1280 g/mol. The smallest absolute Gasteiger partial charge is 0.248 e. The SMILES string of the molecule is C/C=C/C[C@@H](C)[C@@H](O)[C@H]1C(=O)N[C@H](CC)C(=O)N(C)C(CO)C(=O)N(C)[C@@H](CC(C)(C)O)C(=O)N[C@H](C(C)C)C(=O)N(C)[C@H](CCC(C)C)C(=O)N[C@H](C)C(=O)N[C@@H](C)C(=O)N(C)[C@H](CC(C)C)C(=O)N(C)[C@H](CCC(C)C)C(=O)N(C)[C@H](C(C)C)C(=O)N1C. The summed E-state index contributed by atoms with van der Waals surface area (Å²) in [5.41, 5.74) is -1.63. The van der Waals surface area contributed by atoms with Gasteiger partial charge in [0, 0.05) is 55.8 Å². The van der Waals surface area contributed by atoms with Crippen molar-refractivity contribution in [2.24, 2.45) is 35.5 Å². The molecule has 90 heavy (non-hydrogen) atoms. The third-order valence-corrected chi connectivity index (χ3v) is 17.2. The number of nitrogens with zero attached hydrogens (tertiary/aromatic N) is 7. The fourth-order valence-electron chi connectivity index (χ4n) is 11.2. The van der Waals surface area contributed by atoms with Crippen molar-refractivity contribution in [3.8, 4) is 0 Å². The molecule has 1 rings (SSSR count). The molecule has 7 N–H and O–H groups in total. The lowest BCUT2D eigenvalue weighted by atomic mass is 9.91. The first-order valence-corrected chi connectivity index (χ1v) is 32.2. The number of carbonyl (C=O) groups excluding carboxylic acids is 11. The summed E-state index contributed by atoms with van der Waals surface area (Å²) in [6.07, 6.45) is 3.04. The topological polar surface area (TPSA) is 319 Å². The standard InChI is InChI=1S/C65H117N11O14/c1-25-27-28-41(13)53(78)52-57(82)68-44(26-2)59(84)74(22)49(35-77)62(87)73(21)48(34-65(16,17)90)56(81)69-50(39(9)10)63(88)70(18)45(31-29-36(3)4)55(80)66-42(14)54(79)67-43(15)58(83)72(20)47(33-38(7)8)61(86)71(19)46(32-30-37(5)6)60(85)75(23)51(40(11)12)64(89)76(52)24/h25,27,36-53,77-78,90H,26,28-35H2,1-24H3,(H,66,80)(H,67,79)(H,68,82)(H,69,81)/b27-25+/t41-,42-,43+,44-,45-,46-,47-,48+,49?,50-,51-,52+,53-/m1/s1. The maximum absolute atomic E-state index is 15.2. The second kappa shape index (κ2) is 36.7. The Hall–Kier alpha value is -6.21. The third-order valence-electron chi connectivity index (χ3n) is 17.2. The number of nitrogens with one attached hydrogen (secondary N) is 4. The molecule has 0 aliphatic carbocycles. The molecule has 516 valence electrons. The van der Waals surface area contributed by atoms with Gasteiger partial charge < -0.3 is 70.9 Å². The lowest BCUT2D eigenvalue weighted by Crippen LogP contribution is -2.64. The van der Waals surface area contributed by atoms with Crippen LogP contribution in [0.25, 0.3) is 0 Å². The van der Waals surface area contributed by atoms with E-state index in [0.717, 1.165) is 14.7 Å². The van der Waals surface area contributed by atoms with E-state index in [0.29, 0.717) is 12.8 Å². The Bertz CT molecular complexity index is 2460. The van der Waals surface area contributed by atoms with E-state index in [4.69, 9.17) is 0 Å². The van der Waals surface area contributed by atoms with Gasteiger partial charge in [-0.05, 0) is 115 Å². The Morgan fingerprint density at radius 3 is 1.40 bits per heavy atom. The predicted octanol–water partition coefficient (Wildman–Crippen LogP) is 2.52. The number of hydrogen-bond donors (Lipinski definition) is 7. The van der Waals surface area contributed by atoms with Crippen LogP contribution in [0.3, 0.4) is 0 Å². The molecule has 1 aliphatic rings. The van der Waals surface area contributed by atoms with Crippen LogP contribution >= 0.6 is 0 Å². The Morgan fingerprint density at radius 2 is 0.933 bits per heavy atom. The van der Waals surface area contributed by atoms with Gasteiger partial charge in [-0.2, -0.15) is 0 Å². The van der Waals surface area contributed by atoms with Crippen LogP contribution in [-0.4, -0.2) is 249 Å². The Labute approximate surface area is 537 Å². The van der Waals surface area contributed by atoms with Crippen LogP contribution in [0.2, 0.25) is 0 Å². The van der Waals surface area contributed by atoms with Crippen molar-refractivity contribution < 1.29 is 68.1 Å². The molecule has 0 aromatic carbocycles. The van der Waals surface area contributed by atoms with Gasteiger partial charge in [0.2, 0.25) is 65.0 Å². The number of hydrogen-bond acceptors (Lipinski definition) is 14. The minimum atomic E-state index is -1.70. The molecule has 11 amide bonds. The van der Waals surface area contributed by atoms with Gasteiger partial charge >= 0.3 is 0 Å². The van der Waals surface area contributed by atoms with Crippen molar-refractivity contribution >= 4 is 65.0 Å². The maximum atomic E-state index is 15.2. The Kier molecular flexibility index (Phi) is 33.4. The average molecular weight is 1280 g/mol. The minimum Gasteiger partial charge on any atom is -0.394 e. The summed E-state index contributed by atoms with van der Waals surface area (Å²) in [7, 11) is 9.46. The molecule has 13 atom stereocenters. The molecule has 1 fully saturated rings. The van der Waals surface area contributed by atoms with Crippen LogP contribution in [0.4, 0.5) is 0 Å². The first-order valence-electron chi connectivity index (χ1n) is 32.2. The lowest BCUT2D eigenvalue weighted by Gasteiger charge is -2.41. The molecule has 0 spiro atoms. The summed E-state index contributed by atoms with van der Waals surface area (Å²) >= 11 is 0.